The molecule has 4 nitrogen and oxygen atoms in total. The highest BCUT2D eigenvalue weighted by Crippen LogP contribution is 2.67. The summed E-state index contributed by atoms with van der Waals surface area (Å²) >= 11 is 0. The monoisotopic (exact) mass is 340 g/mol. The molecule has 0 radical (unpaired) electrons. The molecule has 1 aromatic carbocycles. The van der Waals surface area contributed by atoms with Crippen molar-refractivity contribution in [1.82, 2.24) is 0 Å². The minimum absolute atomic E-state index is 0.00298. The Morgan fingerprint density at radius 2 is 1.80 bits per heavy atom. The Kier molecular flexibility index (Phi) is 4.55. The van der Waals surface area contributed by atoms with Crippen molar-refractivity contribution in [2.24, 2.45) is 23.2 Å². The molecule has 0 aliphatic heterocycles. The van der Waals surface area contributed by atoms with Crippen LogP contribution in [0.2, 0.25) is 0 Å². The number of ketones is 2. The number of carbonyl (C=O) groups is 2. The lowest BCUT2D eigenvalue weighted by Gasteiger charge is -2.14. The van der Waals surface area contributed by atoms with Crippen molar-refractivity contribution >= 4 is 17.6 Å². The van der Waals surface area contributed by atoms with Gasteiger partial charge in [-0.15, -0.1) is 0 Å². The summed E-state index contributed by atoms with van der Waals surface area (Å²) in [7, 11) is 3.22. The molecule has 0 unspecified atom stereocenters. The van der Waals surface area contributed by atoms with Crippen LogP contribution in [-0.2, 0) is 9.59 Å². The van der Waals surface area contributed by atoms with Gasteiger partial charge in [-0.25, -0.2) is 0 Å². The predicted molar refractivity (Wildman–Crippen MR) is 96.6 cm³/mol. The number of benzene rings is 1. The Labute approximate surface area is 148 Å². The van der Waals surface area contributed by atoms with E-state index in [1.807, 2.05) is 24.3 Å². The lowest BCUT2D eigenvalue weighted by atomic mass is 9.88. The fourth-order valence-corrected chi connectivity index (χ4v) is 4.50. The summed E-state index contributed by atoms with van der Waals surface area (Å²) in [5, 5.41) is 0. The first-order valence-corrected chi connectivity index (χ1v) is 8.55. The van der Waals surface area contributed by atoms with E-state index in [0.717, 1.165) is 12.0 Å². The topological polar surface area (TPSA) is 52.6 Å². The van der Waals surface area contributed by atoms with E-state index in [1.165, 1.54) is 0 Å². The van der Waals surface area contributed by atoms with Crippen LogP contribution >= 0.6 is 0 Å². The third kappa shape index (κ3) is 2.70. The summed E-state index contributed by atoms with van der Waals surface area (Å²) in [5.41, 5.74) is 0.209. The zero-order valence-electron chi connectivity index (χ0n) is 15.1. The molecule has 0 heterocycles. The number of rotatable bonds is 6. The van der Waals surface area contributed by atoms with Crippen LogP contribution in [0.4, 0.5) is 0 Å². The normalized spacial score (nSPS) is 26.2. The smallest absolute Gasteiger partial charge is 0.161 e. The van der Waals surface area contributed by atoms with E-state index in [0.29, 0.717) is 11.5 Å². The lowest BCUT2D eigenvalue weighted by Crippen LogP contribution is -2.26. The van der Waals surface area contributed by atoms with Gasteiger partial charge < -0.3 is 9.47 Å². The quantitative estimate of drug-likeness (QED) is 0.585. The third-order valence-electron chi connectivity index (χ3n) is 5.68. The minimum atomic E-state index is -0.782. The van der Waals surface area contributed by atoms with Crippen molar-refractivity contribution in [1.29, 1.82) is 0 Å². The highest BCUT2D eigenvalue weighted by atomic mass is 16.5. The zero-order valence-corrected chi connectivity index (χ0v) is 15.1. The first kappa shape index (κ1) is 17.5. The number of hydrogen-bond acceptors (Lipinski definition) is 4. The molecule has 132 valence electrons. The summed E-state index contributed by atoms with van der Waals surface area (Å²) < 4.78 is 10.6. The summed E-state index contributed by atoms with van der Waals surface area (Å²) in [6, 6.07) is 5.73. The third-order valence-corrected chi connectivity index (χ3v) is 5.68. The maximum atomic E-state index is 12.2. The van der Waals surface area contributed by atoms with E-state index < -0.39 is 5.41 Å². The van der Waals surface area contributed by atoms with E-state index >= 15 is 0 Å². The number of allylic oxidation sites excluding steroid dienone is 3. The van der Waals surface area contributed by atoms with Crippen LogP contribution in [-0.4, -0.2) is 25.8 Å². The fourth-order valence-electron chi connectivity index (χ4n) is 4.50. The van der Waals surface area contributed by atoms with E-state index in [4.69, 9.17) is 9.47 Å². The van der Waals surface area contributed by atoms with E-state index in [2.05, 4.69) is 18.2 Å². The van der Waals surface area contributed by atoms with Gasteiger partial charge >= 0.3 is 0 Å². The molecule has 1 aromatic rings. The first-order valence-electron chi connectivity index (χ1n) is 8.55. The van der Waals surface area contributed by atoms with Crippen LogP contribution in [0, 0.1) is 23.2 Å². The number of ether oxygens (including phenoxy) is 2. The van der Waals surface area contributed by atoms with Gasteiger partial charge in [0, 0.05) is 0 Å². The molecule has 1 saturated carbocycles. The minimum Gasteiger partial charge on any atom is -0.493 e. The second-order valence-corrected chi connectivity index (χ2v) is 6.83. The molecule has 2 aliphatic carbocycles. The van der Waals surface area contributed by atoms with E-state index in [9.17, 15) is 9.59 Å². The van der Waals surface area contributed by atoms with Gasteiger partial charge in [-0.2, -0.15) is 0 Å². The largest absolute Gasteiger partial charge is 0.493 e. The summed E-state index contributed by atoms with van der Waals surface area (Å²) in [6.45, 7) is 3.10. The highest BCUT2D eigenvalue weighted by Gasteiger charge is 2.72. The number of fused-ring (bicyclic) bond motifs is 1. The Morgan fingerprint density at radius 1 is 1.12 bits per heavy atom. The molecule has 0 aromatic heterocycles. The second-order valence-electron chi connectivity index (χ2n) is 6.83. The van der Waals surface area contributed by atoms with Gasteiger partial charge in [0.15, 0.2) is 11.5 Å². The van der Waals surface area contributed by atoms with Crippen LogP contribution in [0.5, 0.6) is 11.5 Å². The molecular formula is C21H24O4. The molecule has 0 spiro atoms. The molecule has 0 N–H and O–H groups in total. The van der Waals surface area contributed by atoms with Gasteiger partial charge in [0.1, 0.15) is 11.6 Å². The average molecular weight is 340 g/mol. The molecule has 0 saturated heterocycles. The van der Waals surface area contributed by atoms with Crippen molar-refractivity contribution in [2.45, 2.75) is 20.3 Å². The maximum Gasteiger partial charge on any atom is 0.161 e. The van der Waals surface area contributed by atoms with Crippen molar-refractivity contribution in [3.63, 3.8) is 0 Å². The fraction of sp³-hybridized carbons (Fsp3) is 0.429. The Hall–Kier alpha value is -2.36. The van der Waals surface area contributed by atoms with Crippen LogP contribution in [0.15, 0.2) is 36.4 Å². The number of hydrogen-bond donors (Lipinski definition) is 0. The molecule has 25 heavy (non-hydrogen) atoms. The van der Waals surface area contributed by atoms with Crippen LogP contribution in [0.1, 0.15) is 25.8 Å². The Balaban J connectivity index is 1.84. The van der Waals surface area contributed by atoms with Crippen molar-refractivity contribution in [3.05, 3.63) is 42.0 Å². The molecule has 0 amide bonds. The maximum absolute atomic E-state index is 12.2. The second kappa shape index (κ2) is 6.51. The van der Waals surface area contributed by atoms with Gasteiger partial charge in [0.25, 0.3) is 0 Å². The predicted octanol–water partition coefficient (Wildman–Crippen LogP) is 3.70. The Bertz CT molecular complexity index is 745. The number of methoxy groups -OCH3 is 2. The lowest BCUT2D eigenvalue weighted by molar-refractivity contribution is -0.133. The zero-order chi connectivity index (χ0) is 18.2. The van der Waals surface area contributed by atoms with Gasteiger partial charge in [-0.1, -0.05) is 30.4 Å². The van der Waals surface area contributed by atoms with Crippen molar-refractivity contribution in [3.8, 4) is 11.5 Å². The standard InChI is InChI=1S/C21H24O4/c1-13(22)21(14(2)23)17-7-5-6-16(20(17)21)10-8-15-9-11-18(24-3)19(12-15)25-4/h5-6,8-12,16-17,20H,7H2,1-4H3/b10-8+/t16-,17-,20+/m1/s1. The van der Waals surface area contributed by atoms with E-state index in [-0.39, 0.29) is 29.3 Å². The summed E-state index contributed by atoms with van der Waals surface area (Å²) in [5.74, 6) is 1.70. The van der Waals surface area contributed by atoms with Gasteiger partial charge in [0.2, 0.25) is 0 Å². The van der Waals surface area contributed by atoms with Gasteiger partial charge in [-0.05, 0) is 55.7 Å². The number of Topliss-reactive ketones (excluding diaryl/α,β-unsaturated/α-hetero) is 2. The first-order chi connectivity index (χ1) is 12.0. The molecule has 1 fully saturated rings. The summed E-state index contributed by atoms with van der Waals surface area (Å²) in [4.78, 5) is 24.4. The van der Waals surface area contributed by atoms with Gasteiger partial charge in [-0.3, -0.25) is 9.59 Å². The van der Waals surface area contributed by atoms with Crippen molar-refractivity contribution < 1.29 is 19.1 Å². The van der Waals surface area contributed by atoms with Gasteiger partial charge in [0.05, 0.1) is 19.6 Å². The Morgan fingerprint density at radius 3 is 2.40 bits per heavy atom. The average Bonchev–Trinajstić information content (AvgIpc) is 3.30. The molecule has 3 atom stereocenters. The molecular weight excluding hydrogens is 316 g/mol. The highest BCUT2D eigenvalue weighted by molar-refractivity contribution is 6.09. The molecule has 2 aliphatic rings. The number of carbonyl (C=O) groups excluding carboxylic acids is 2. The summed E-state index contributed by atoms with van der Waals surface area (Å²) in [6.07, 6.45) is 9.12. The molecule has 3 rings (SSSR count). The van der Waals surface area contributed by atoms with Crippen LogP contribution < -0.4 is 9.47 Å². The molecule has 4 heteroatoms. The van der Waals surface area contributed by atoms with Crippen molar-refractivity contribution in [2.75, 3.05) is 14.2 Å². The van der Waals surface area contributed by atoms with E-state index in [1.54, 1.807) is 28.1 Å². The van der Waals surface area contributed by atoms with Crippen LogP contribution in [0.3, 0.4) is 0 Å². The van der Waals surface area contributed by atoms with Crippen LogP contribution in [0.25, 0.3) is 6.08 Å². The molecule has 0 bridgehead atoms. The SMILES string of the molecule is COc1ccc(/C=C/[C@H]2C=CC[C@@H]3[C@H]2C3(C(C)=O)C(C)=O)cc1OC.